The largest absolute Gasteiger partial charge is 0.376 e. The van der Waals surface area contributed by atoms with E-state index in [1.54, 1.807) is 19.9 Å². The van der Waals surface area contributed by atoms with Crippen LogP contribution in [0.2, 0.25) is 0 Å². The van der Waals surface area contributed by atoms with E-state index in [0.717, 1.165) is 0 Å². The second-order valence-corrected chi connectivity index (χ2v) is 3.49. The lowest BCUT2D eigenvalue weighted by atomic mass is 10.1. The second kappa shape index (κ2) is 4.89. The summed E-state index contributed by atoms with van der Waals surface area (Å²) in [5, 5.41) is 9.00. The zero-order chi connectivity index (χ0) is 11.4. The van der Waals surface area contributed by atoms with Crippen LogP contribution in [0.4, 0.5) is 4.39 Å². The van der Waals surface area contributed by atoms with Crippen molar-refractivity contribution in [3.05, 3.63) is 35.6 Å². The van der Waals surface area contributed by atoms with Crippen molar-refractivity contribution in [2.75, 3.05) is 6.73 Å². The molecule has 3 nitrogen and oxygen atoms in total. The zero-order valence-electron chi connectivity index (χ0n) is 8.77. The van der Waals surface area contributed by atoms with E-state index >= 15 is 0 Å². The third-order valence-corrected chi connectivity index (χ3v) is 2.14. The molecular formula is C11H14FNO2. The van der Waals surface area contributed by atoms with Crippen molar-refractivity contribution in [2.45, 2.75) is 19.9 Å². The second-order valence-electron chi connectivity index (χ2n) is 3.49. The quantitative estimate of drug-likeness (QED) is 0.772. The lowest BCUT2D eigenvalue weighted by molar-refractivity contribution is 0.0458. The molecule has 0 atom stereocenters. The summed E-state index contributed by atoms with van der Waals surface area (Å²) in [6.07, 6.45) is 0. The molecule has 0 radical (unpaired) electrons. The summed E-state index contributed by atoms with van der Waals surface area (Å²) in [5.41, 5.74) is -0.0137. The molecule has 0 spiro atoms. The number of carbonyl (C=O) groups excluding carboxylic acids is 1. The lowest BCUT2D eigenvalue weighted by Crippen LogP contribution is -2.38. The highest BCUT2D eigenvalue weighted by Gasteiger charge is 2.20. The van der Waals surface area contributed by atoms with Gasteiger partial charge in [0.1, 0.15) is 12.5 Å². The maximum atomic E-state index is 13.3. The third-order valence-electron chi connectivity index (χ3n) is 2.14. The van der Waals surface area contributed by atoms with Gasteiger partial charge in [0.05, 0.1) is 5.56 Å². The van der Waals surface area contributed by atoms with E-state index in [2.05, 4.69) is 0 Å². The molecule has 1 aromatic rings. The Labute approximate surface area is 88.1 Å². The SMILES string of the molecule is CC(C)N(CO)C(=O)c1ccccc1F. The van der Waals surface area contributed by atoms with Gasteiger partial charge >= 0.3 is 0 Å². The van der Waals surface area contributed by atoms with E-state index in [4.69, 9.17) is 5.11 Å². The minimum Gasteiger partial charge on any atom is -0.376 e. The first kappa shape index (κ1) is 11.7. The number of hydrogen-bond donors (Lipinski definition) is 1. The fourth-order valence-corrected chi connectivity index (χ4v) is 1.25. The van der Waals surface area contributed by atoms with Crippen molar-refractivity contribution >= 4 is 5.91 Å². The molecule has 15 heavy (non-hydrogen) atoms. The standard InChI is InChI=1S/C11H14FNO2/c1-8(2)13(7-14)11(15)9-5-3-4-6-10(9)12/h3-6,8,14H,7H2,1-2H3. The van der Waals surface area contributed by atoms with Crippen molar-refractivity contribution in [1.29, 1.82) is 0 Å². The van der Waals surface area contributed by atoms with Crippen LogP contribution in [0, 0.1) is 5.82 Å². The topological polar surface area (TPSA) is 40.5 Å². The summed E-state index contributed by atoms with van der Waals surface area (Å²) in [6.45, 7) is 3.11. The Balaban J connectivity index is 2.98. The molecule has 1 amide bonds. The minimum absolute atomic E-state index is 0.0137. The molecule has 1 rings (SSSR count). The van der Waals surface area contributed by atoms with Gasteiger partial charge < -0.3 is 10.0 Å². The van der Waals surface area contributed by atoms with Crippen molar-refractivity contribution in [3.8, 4) is 0 Å². The lowest BCUT2D eigenvalue weighted by Gasteiger charge is -2.24. The average Bonchev–Trinajstić information content (AvgIpc) is 2.18. The Morgan fingerprint density at radius 1 is 1.47 bits per heavy atom. The number of carbonyl (C=O) groups is 1. The first-order valence-electron chi connectivity index (χ1n) is 4.74. The smallest absolute Gasteiger partial charge is 0.258 e. The molecule has 4 heteroatoms. The third kappa shape index (κ3) is 2.53. The molecule has 0 fully saturated rings. The van der Waals surface area contributed by atoms with Crippen LogP contribution >= 0.6 is 0 Å². The predicted molar refractivity (Wildman–Crippen MR) is 54.8 cm³/mol. The fourth-order valence-electron chi connectivity index (χ4n) is 1.25. The van der Waals surface area contributed by atoms with Gasteiger partial charge in [-0.3, -0.25) is 4.79 Å². The van der Waals surface area contributed by atoms with Gasteiger partial charge in [-0.2, -0.15) is 0 Å². The maximum absolute atomic E-state index is 13.3. The van der Waals surface area contributed by atoms with Crippen LogP contribution in [0.3, 0.4) is 0 Å². The summed E-state index contributed by atoms with van der Waals surface area (Å²) < 4.78 is 13.3. The Morgan fingerprint density at radius 3 is 2.53 bits per heavy atom. The van der Waals surface area contributed by atoms with Crippen LogP contribution in [0.1, 0.15) is 24.2 Å². The van der Waals surface area contributed by atoms with Gasteiger partial charge in [0, 0.05) is 6.04 Å². The number of aliphatic hydroxyl groups is 1. The number of amides is 1. The molecule has 0 aliphatic heterocycles. The first-order chi connectivity index (χ1) is 7.07. The number of halogens is 1. The van der Waals surface area contributed by atoms with Crippen molar-refractivity contribution in [3.63, 3.8) is 0 Å². The number of hydrogen-bond acceptors (Lipinski definition) is 2. The summed E-state index contributed by atoms with van der Waals surface area (Å²) >= 11 is 0. The molecule has 0 saturated carbocycles. The Hall–Kier alpha value is -1.42. The van der Waals surface area contributed by atoms with Gasteiger partial charge in [-0.25, -0.2) is 4.39 Å². The van der Waals surface area contributed by atoms with E-state index < -0.39 is 18.5 Å². The van der Waals surface area contributed by atoms with Crippen molar-refractivity contribution in [1.82, 2.24) is 4.90 Å². The molecule has 0 heterocycles. The minimum atomic E-state index is -0.568. The molecule has 0 aromatic heterocycles. The highest BCUT2D eigenvalue weighted by Crippen LogP contribution is 2.11. The molecule has 1 N–H and O–H groups in total. The number of rotatable bonds is 3. The summed E-state index contributed by atoms with van der Waals surface area (Å²) in [6, 6.07) is 5.57. The monoisotopic (exact) mass is 211 g/mol. The van der Waals surface area contributed by atoms with E-state index in [0.29, 0.717) is 0 Å². The summed E-state index contributed by atoms with van der Waals surface area (Å²) in [5.74, 6) is -1.06. The number of benzene rings is 1. The van der Waals surface area contributed by atoms with Gasteiger partial charge in [-0.1, -0.05) is 12.1 Å². The Kier molecular flexibility index (Phi) is 3.80. The highest BCUT2D eigenvalue weighted by atomic mass is 19.1. The normalized spacial score (nSPS) is 10.5. The van der Waals surface area contributed by atoms with Gasteiger partial charge in [0.2, 0.25) is 0 Å². The number of nitrogens with zero attached hydrogens (tertiary/aromatic N) is 1. The van der Waals surface area contributed by atoms with Gasteiger partial charge in [-0.15, -0.1) is 0 Å². The van der Waals surface area contributed by atoms with Gasteiger partial charge in [0.15, 0.2) is 0 Å². The summed E-state index contributed by atoms with van der Waals surface area (Å²) in [7, 11) is 0. The Bertz CT molecular complexity index is 352. The van der Waals surface area contributed by atoms with Gasteiger partial charge in [-0.05, 0) is 26.0 Å². The van der Waals surface area contributed by atoms with E-state index in [1.807, 2.05) is 0 Å². The van der Waals surface area contributed by atoms with Crippen LogP contribution in [-0.2, 0) is 0 Å². The molecule has 0 aliphatic rings. The van der Waals surface area contributed by atoms with E-state index in [9.17, 15) is 9.18 Å². The number of aliphatic hydroxyl groups excluding tert-OH is 1. The molecule has 0 aliphatic carbocycles. The van der Waals surface area contributed by atoms with Crippen LogP contribution in [-0.4, -0.2) is 28.7 Å². The van der Waals surface area contributed by atoms with Crippen molar-refractivity contribution in [2.24, 2.45) is 0 Å². The van der Waals surface area contributed by atoms with E-state index in [-0.39, 0.29) is 11.6 Å². The summed E-state index contributed by atoms with van der Waals surface area (Å²) in [4.78, 5) is 13.0. The van der Waals surface area contributed by atoms with Crippen LogP contribution in [0.15, 0.2) is 24.3 Å². The fraction of sp³-hybridized carbons (Fsp3) is 0.364. The molecular weight excluding hydrogens is 197 g/mol. The van der Waals surface area contributed by atoms with Crippen LogP contribution in [0.25, 0.3) is 0 Å². The first-order valence-corrected chi connectivity index (χ1v) is 4.74. The molecule has 0 saturated heterocycles. The maximum Gasteiger partial charge on any atom is 0.258 e. The van der Waals surface area contributed by atoms with Crippen molar-refractivity contribution < 1.29 is 14.3 Å². The van der Waals surface area contributed by atoms with Gasteiger partial charge in [0.25, 0.3) is 5.91 Å². The van der Waals surface area contributed by atoms with E-state index in [1.165, 1.54) is 23.1 Å². The molecule has 82 valence electrons. The zero-order valence-corrected chi connectivity index (χ0v) is 8.77. The highest BCUT2D eigenvalue weighted by molar-refractivity contribution is 5.94. The molecule has 0 bridgehead atoms. The van der Waals surface area contributed by atoms with Crippen LogP contribution in [0.5, 0.6) is 0 Å². The molecule has 0 unspecified atom stereocenters. The Morgan fingerprint density at radius 2 is 2.07 bits per heavy atom. The average molecular weight is 211 g/mol. The predicted octanol–water partition coefficient (Wildman–Crippen LogP) is 1.63. The molecule has 1 aromatic carbocycles. The van der Waals surface area contributed by atoms with Crippen LogP contribution < -0.4 is 0 Å².